The average molecular weight is 179 g/mol. The second kappa shape index (κ2) is 3.79. The van der Waals surface area contributed by atoms with Crippen molar-refractivity contribution in [1.82, 2.24) is 0 Å². The van der Waals surface area contributed by atoms with Crippen molar-refractivity contribution in [3.05, 3.63) is 30.3 Å². The van der Waals surface area contributed by atoms with Gasteiger partial charge in [0.25, 0.3) is 0 Å². The molecule has 2 heteroatoms. The summed E-state index contributed by atoms with van der Waals surface area (Å²) in [5.41, 5.74) is 1.06. The van der Waals surface area contributed by atoms with Crippen LogP contribution in [0.5, 0.6) is 0 Å². The summed E-state index contributed by atoms with van der Waals surface area (Å²) < 4.78 is 0. The van der Waals surface area contributed by atoms with Gasteiger partial charge in [0.15, 0.2) is 0 Å². The molecular formula is C11H17NO. The molecule has 1 aromatic rings. The van der Waals surface area contributed by atoms with E-state index in [9.17, 15) is 0 Å². The minimum absolute atomic E-state index is 0.0178. The number of nitrogens with zero attached hydrogens (tertiary/aromatic N) is 1. The van der Waals surface area contributed by atoms with Gasteiger partial charge in [0.05, 0.1) is 18.3 Å². The molecule has 13 heavy (non-hydrogen) atoms. The van der Waals surface area contributed by atoms with Crippen molar-refractivity contribution in [2.75, 3.05) is 12.2 Å². The van der Waals surface area contributed by atoms with Crippen molar-refractivity contribution in [3.63, 3.8) is 0 Å². The Morgan fingerprint density at radius 2 is 1.62 bits per heavy atom. The molecule has 0 aliphatic rings. The van der Waals surface area contributed by atoms with E-state index in [1.165, 1.54) is 0 Å². The van der Waals surface area contributed by atoms with Crippen molar-refractivity contribution in [2.24, 2.45) is 0 Å². The Bertz CT molecular complexity index is 251. The van der Waals surface area contributed by atoms with Gasteiger partial charge in [-0.05, 0) is 32.9 Å². The lowest BCUT2D eigenvalue weighted by molar-refractivity contribution is 0.114. The molecule has 0 fully saturated rings. The first-order valence-corrected chi connectivity index (χ1v) is 4.45. The van der Waals surface area contributed by atoms with Crippen LogP contribution in [0, 0.1) is 0 Å². The zero-order valence-electron chi connectivity index (χ0n) is 8.74. The molecule has 0 spiro atoms. The molecular weight excluding hydrogens is 162 g/mol. The fraction of sp³-hybridized carbons (Fsp3) is 0.455. The number of hydroxylamine groups is 1. The zero-order valence-corrected chi connectivity index (χ0v) is 8.74. The molecule has 1 aromatic carbocycles. The number of benzene rings is 1. The number of rotatable bonds is 2. The Morgan fingerprint density at radius 1 is 1.08 bits per heavy atom. The minimum Gasteiger partial charge on any atom is -0.276 e. The molecule has 0 aliphatic carbocycles. The van der Waals surface area contributed by atoms with E-state index in [0.717, 1.165) is 5.69 Å². The highest BCUT2D eigenvalue weighted by molar-refractivity contribution is 5.45. The van der Waals surface area contributed by atoms with Crippen molar-refractivity contribution < 1.29 is 4.84 Å². The second-order valence-corrected chi connectivity index (χ2v) is 3.98. The molecule has 72 valence electrons. The standard InChI is InChI=1S/C11H17NO/c1-11(2,3)12(13-4)10-8-6-5-7-9-10/h5-9H,1-4H3. The van der Waals surface area contributed by atoms with Crippen LogP contribution in [-0.2, 0) is 4.84 Å². The number of anilines is 1. The maximum Gasteiger partial charge on any atom is 0.0642 e. The molecule has 0 aliphatic heterocycles. The van der Waals surface area contributed by atoms with E-state index in [-0.39, 0.29) is 5.54 Å². The molecule has 0 amide bonds. The molecule has 0 radical (unpaired) electrons. The topological polar surface area (TPSA) is 12.5 Å². The molecule has 0 aromatic heterocycles. The molecule has 1 rings (SSSR count). The number of hydrogen-bond acceptors (Lipinski definition) is 2. The van der Waals surface area contributed by atoms with E-state index in [0.29, 0.717) is 0 Å². The van der Waals surface area contributed by atoms with Crippen LogP contribution >= 0.6 is 0 Å². The van der Waals surface area contributed by atoms with Gasteiger partial charge in [-0.15, -0.1) is 0 Å². The fourth-order valence-electron chi connectivity index (χ4n) is 1.33. The first kappa shape index (κ1) is 10.1. The fourth-order valence-corrected chi connectivity index (χ4v) is 1.33. The molecule has 0 saturated carbocycles. The van der Waals surface area contributed by atoms with Gasteiger partial charge in [-0.2, -0.15) is 0 Å². The molecule has 0 atom stereocenters. The van der Waals surface area contributed by atoms with Gasteiger partial charge in [0.2, 0.25) is 0 Å². The summed E-state index contributed by atoms with van der Waals surface area (Å²) >= 11 is 0. The van der Waals surface area contributed by atoms with Crippen LogP contribution in [0.4, 0.5) is 5.69 Å². The van der Waals surface area contributed by atoms with Gasteiger partial charge >= 0.3 is 0 Å². The Hall–Kier alpha value is -1.02. The van der Waals surface area contributed by atoms with Crippen LogP contribution in [-0.4, -0.2) is 12.6 Å². The van der Waals surface area contributed by atoms with Gasteiger partial charge in [0.1, 0.15) is 0 Å². The Morgan fingerprint density at radius 3 is 2.00 bits per heavy atom. The lowest BCUT2D eigenvalue weighted by Gasteiger charge is -2.34. The minimum atomic E-state index is -0.0178. The highest BCUT2D eigenvalue weighted by atomic mass is 16.7. The first-order valence-electron chi connectivity index (χ1n) is 4.45. The molecule has 0 unspecified atom stereocenters. The first-order chi connectivity index (χ1) is 6.05. The Labute approximate surface area is 80.1 Å². The Balaban J connectivity index is 2.92. The van der Waals surface area contributed by atoms with Crippen LogP contribution in [0.3, 0.4) is 0 Å². The highest BCUT2D eigenvalue weighted by Gasteiger charge is 2.21. The third-order valence-electron chi connectivity index (χ3n) is 1.78. The largest absolute Gasteiger partial charge is 0.276 e. The summed E-state index contributed by atoms with van der Waals surface area (Å²) in [5, 5.41) is 1.90. The third-order valence-corrected chi connectivity index (χ3v) is 1.78. The van der Waals surface area contributed by atoms with Crippen LogP contribution in [0.25, 0.3) is 0 Å². The summed E-state index contributed by atoms with van der Waals surface area (Å²) in [6.45, 7) is 6.34. The van der Waals surface area contributed by atoms with E-state index in [2.05, 4.69) is 20.8 Å². The molecule has 0 N–H and O–H groups in total. The van der Waals surface area contributed by atoms with Crippen molar-refractivity contribution in [3.8, 4) is 0 Å². The maximum atomic E-state index is 5.33. The predicted octanol–water partition coefficient (Wildman–Crippen LogP) is 2.85. The van der Waals surface area contributed by atoms with Crippen LogP contribution in [0.15, 0.2) is 30.3 Å². The molecule has 2 nitrogen and oxygen atoms in total. The van der Waals surface area contributed by atoms with E-state index < -0.39 is 0 Å². The van der Waals surface area contributed by atoms with Crippen molar-refractivity contribution in [2.45, 2.75) is 26.3 Å². The third kappa shape index (κ3) is 2.46. The van der Waals surface area contributed by atoms with E-state index >= 15 is 0 Å². The highest BCUT2D eigenvalue weighted by Crippen LogP contribution is 2.22. The lowest BCUT2D eigenvalue weighted by atomic mass is 10.1. The van der Waals surface area contributed by atoms with Gasteiger partial charge in [-0.25, -0.2) is 5.06 Å². The summed E-state index contributed by atoms with van der Waals surface area (Å²) in [5.74, 6) is 0. The lowest BCUT2D eigenvalue weighted by Crippen LogP contribution is -2.40. The van der Waals surface area contributed by atoms with E-state index in [4.69, 9.17) is 4.84 Å². The van der Waals surface area contributed by atoms with Crippen LogP contribution in [0.2, 0.25) is 0 Å². The maximum absolute atomic E-state index is 5.33. The summed E-state index contributed by atoms with van der Waals surface area (Å²) in [7, 11) is 1.69. The molecule has 0 saturated heterocycles. The smallest absolute Gasteiger partial charge is 0.0642 e. The SMILES string of the molecule is CON(c1ccccc1)C(C)(C)C. The van der Waals surface area contributed by atoms with Crippen LogP contribution < -0.4 is 5.06 Å². The van der Waals surface area contributed by atoms with Gasteiger partial charge in [-0.3, -0.25) is 4.84 Å². The number of para-hydroxylation sites is 1. The van der Waals surface area contributed by atoms with Gasteiger partial charge in [0, 0.05) is 0 Å². The van der Waals surface area contributed by atoms with Gasteiger partial charge in [-0.1, -0.05) is 18.2 Å². The summed E-state index contributed by atoms with van der Waals surface area (Å²) in [4.78, 5) is 5.33. The van der Waals surface area contributed by atoms with E-state index in [1.807, 2.05) is 35.4 Å². The van der Waals surface area contributed by atoms with E-state index in [1.54, 1.807) is 7.11 Å². The molecule has 0 heterocycles. The quantitative estimate of drug-likeness (QED) is 0.647. The summed E-state index contributed by atoms with van der Waals surface area (Å²) in [6, 6.07) is 10.1. The zero-order chi connectivity index (χ0) is 9.90. The summed E-state index contributed by atoms with van der Waals surface area (Å²) in [6.07, 6.45) is 0. The van der Waals surface area contributed by atoms with Crippen molar-refractivity contribution >= 4 is 5.69 Å². The second-order valence-electron chi connectivity index (χ2n) is 3.98. The average Bonchev–Trinajstić information content (AvgIpc) is 2.05. The number of hydrogen-bond donors (Lipinski definition) is 0. The predicted molar refractivity (Wildman–Crippen MR) is 55.7 cm³/mol. The van der Waals surface area contributed by atoms with Crippen molar-refractivity contribution in [1.29, 1.82) is 0 Å². The monoisotopic (exact) mass is 179 g/mol. The normalized spacial score (nSPS) is 11.4. The van der Waals surface area contributed by atoms with Gasteiger partial charge < -0.3 is 0 Å². The van der Waals surface area contributed by atoms with Crippen LogP contribution in [0.1, 0.15) is 20.8 Å². The molecule has 0 bridgehead atoms. The Kier molecular flexibility index (Phi) is 2.94.